The van der Waals surface area contributed by atoms with Crippen molar-refractivity contribution in [1.29, 1.82) is 0 Å². The van der Waals surface area contributed by atoms with Crippen LogP contribution in [0.2, 0.25) is 0 Å². The van der Waals surface area contributed by atoms with E-state index in [1.165, 1.54) is 23.5 Å². The lowest BCUT2D eigenvalue weighted by Gasteiger charge is -2.03. The summed E-state index contributed by atoms with van der Waals surface area (Å²) in [4.78, 5) is 17.7. The molecule has 0 unspecified atom stereocenters. The van der Waals surface area contributed by atoms with Crippen LogP contribution >= 0.6 is 11.3 Å². The van der Waals surface area contributed by atoms with E-state index in [1.807, 2.05) is 47.9 Å². The number of amides is 1. The summed E-state index contributed by atoms with van der Waals surface area (Å²) in [6.45, 7) is 2.64. The molecule has 0 aliphatic heterocycles. The number of thiazole rings is 1. The van der Waals surface area contributed by atoms with Crippen LogP contribution in [-0.2, 0) is 6.54 Å². The molecule has 0 aliphatic carbocycles. The number of carbonyl (C=O) groups is 1. The summed E-state index contributed by atoms with van der Waals surface area (Å²) < 4.78 is 16.2. The van der Waals surface area contributed by atoms with Crippen LogP contribution in [0.4, 0.5) is 4.39 Å². The highest BCUT2D eigenvalue weighted by Gasteiger charge is 2.11. The van der Waals surface area contributed by atoms with Crippen LogP contribution in [0, 0.1) is 5.82 Å². The Labute approximate surface area is 147 Å². The monoisotopic (exact) mass is 350 g/mol. The van der Waals surface area contributed by atoms with E-state index in [0.29, 0.717) is 16.9 Å². The zero-order valence-electron chi connectivity index (χ0n) is 13.6. The van der Waals surface area contributed by atoms with E-state index < -0.39 is 0 Å². The SMILES string of the molecule is CCn1c(=NC(=O)c2cccc3ccccc23)sc2cc(F)ccc21. The molecule has 25 heavy (non-hydrogen) atoms. The van der Waals surface area contributed by atoms with Crippen LogP contribution in [0.3, 0.4) is 0 Å². The fraction of sp³-hybridized carbons (Fsp3) is 0.100. The minimum atomic E-state index is -0.288. The summed E-state index contributed by atoms with van der Waals surface area (Å²) in [6.07, 6.45) is 0. The lowest BCUT2D eigenvalue weighted by Crippen LogP contribution is -2.16. The molecule has 0 atom stereocenters. The number of carbonyl (C=O) groups excluding carboxylic acids is 1. The molecule has 0 bridgehead atoms. The standard InChI is InChI=1S/C20H15FN2OS/c1-2-23-17-11-10-14(21)12-18(17)25-20(23)22-19(24)16-9-5-7-13-6-3-4-8-15(13)16/h3-12H,2H2,1H3. The Hall–Kier alpha value is -2.79. The third-order valence-electron chi connectivity index (χ3n) is 4.18. The molecular formula is C20H15FN2OS. The maximum atomic E-state index is 13.5. The highest BCUT2D eigenvalue weighted by atomic mass is 32.1. The van der Waals surface area contributed by atoms with Crippen molar-refractivity contribution in [3.8, 4) is 0 Å². The van der Waals surface area contributed by atoms with E-state index in [4.69, 9.17) is 0 Å². The molecule has 1 aromatic heterocycles. The molecule has 4 rings (SSSR count). The minimum Gasteiger partial charge on any atom is -0.317 e. The number of aromatic nitrogens is 1. The van der Waals surface area contributed by atoms with Gasteiger partial charge in [0.2, 0.25) is 0 Å². The van der Waals surface area contributed by atoms with Gasteiger partial charge in [-0.3, -0.25) is 4.79 Å². The van der Waals surface area contributed by atoms with Gasteiger partial charge in [0.1, 0.15) is 5.82 Å². The Morgan fingerprint density at radius 1 is 1.12 bits per heavy atom. The van der Waals surface area contributed by atoms with Gasteiger partial charge in [-0.15, -0.1) is 0 Å². The van der Waals surface area contributed by atoms with Gasteiger partial charge in [0.25, 0.3) is 5.91 Å². The van der Waals surface area contributed by atoms with E-state index in [1.54, 1.807) is 12.1 Å². The number of halogens is 1. The zero-order chi connectivity index (χ0) is 17.4. The van der Waals surface area contributed by atoms with Crippen LogP contribution < -0.4 is 4.80 Å². The third-order valence-corrected chi connectivity index (χ3v) is 5.22. The van der Waals surface area contributed by atoms with E-state index in [2.05, 4.69) is 4.99 Å². The van der Waals surface area contributed by atoms with Crippen LogP contribution in [0.5, 0.6) is 0 Å². The second-order valence-electron chi connectivity index (χ2n) is 5.68. The molecule has 0 N–H and O–H groups in total. The van der Waals surface area contributed by atoms with Crippen LogP contribution in [0.1, 0.15) is 17.3 Å². The van der Waals surface area contributed by atoms with Crippen molar-refractivity contribution in [3.63, 3.8) is 0 Å². The average Bonchev–Trinajstić information content (AvgIpc) is 2.97. The van der Waals surface area contributed by atoms with Gasteiger partial charge in [-0.25, -0.2) is 4.39 Å². The molecule has 0 radical (unpaired) electrons. The van der Waals surface area contributed by atoms with Crippen molar-refractivity contribution < 1.29 is 9.18 Å². The van der Waals surface area contributed by atoms with Crippen LogP contribution in [0.25, 0.3) is 21.0 Å². The van der Waals surface area contributed by atoms with Crippen molar-refractivity contribution in [2.75, 3.05) is 0 Å². The average molecular weight is 350 g/mol. The maximum absolute atomic E-state index is 13.5. The number of fused-ring (bicyclic) bond motifs is 2. The van der Waals surface area contributed by atoms with Crippen molar-refractivity contribution >= 4 is 38.2 Å². The molecule has 5 heteroatoms. The van der Waals surface area contributed by atoms with Crippen molar-refractivity contribution in [2.24, 2.45) is 4.99 Å². The summed E-state index contributed by atoms with van der Waals surface area (Å²) in [5.74, 6) is -0.574. The first-order valence-electron chi connectivity index (χ1n) is 8.03. The quantitative estimate of drug-likeness (QED) is 0.513. The first-order chi connectivity index (χ1) is 12.2. The second kappa shape index (κ2) is 6.26. The fourth-order valence-corrected chi connectivity index (χ4v) is 4.11. The van der Waals surface area contributed by atoms with Gasteiger partial charge in [0, 0.05) is 12.1 Å². The van der Waals surface area contributed by atoms with Gasteiger partial charge in [-0.1, -0.05) is 47.7 Å². The molecule has 3 aromatic carbocycles. The first kappa shape index (κ1) is 15.7. The lowest BCUT2D eigenvalue weighted by atomic mass is 10.0. The molecule has 1 amide bonds. The largest absolute Gasteiger partial charge is 0.317 e. The number of rotatable bonds is 2. The smallest absolute Gasteiger partial charge is 0.280 e. The molecule has 0 spiro atoms. The minimum absolute atomic E-state index is 0.286. The van der Waals surface area contributed by atoms with Gasteiger partial charge in [0.05, 0.1) is 10.2 Å². The third kappa shape index (κ3) is 2.76. The summed E-state index contributed by atoms with van der Waals surface area (Å²) in [7, 11) is 0. The Bertz CT molecular complexity index is 1170. The van der Waals surface area contributed by atoms with Gasteiger partial charge >= 0.3 is 0 Å². The van der Waals surface area contributed by atoms with Crippen molar-refractivity contribution in [1.82, 2.24) is 4.57 Å². The van der Waals surface area contributed by atoms with E-state index in [-0.39, 0.29) is 11.7 Å². The lowest BCUT2D eigenvalue weighted by molar-refractivity contribution is 0.0999. The molecular weight excluding hydrogens is 335 g/mol. The Kier molecular flexibility index (Phi) is 3.93. The number of nitrogens with zero attached hydrogens (tertiary/aromatic N) is 2. The number of hydrogen-bond acceptors (Lipinski definition) is 2. The Morgan fingerprint density at radius 2 is 1.92 bits per heavy atom. The van der Waals surface area contributed by atoms with E-state index >= 15 is 0 Å². The van der Waals surface area contributed by atoms with Gasteiger partial charge in [0.15, 0.2) is 4.80 Å². The van der Waals surface area contributed by atoms with E-state index in [9.17, 15) is 9.18 Å². The highest BCUT2D eigenvalue weighted by molar-refractivity contribution is 7.16. The van der Waals surface area contributed by atoms with E-state index in [0.717, 1.165) is 21.0 Å². The predicted octanol–water partition coefficient (Wildman–Crippen LogP) is 4.76. The van der Waals surface area contributed by atoms with Gasteiger partial charge < -0.3 is 4.57 Å². The Balaban J connectivity index is 1.90. The first-order valence-corrected chi connectivity index (χ1v) is 8.85. The number of benzene rings is 3. The summed E-state index contributed by atoms with van der Waals surface area (Å²) in [5.41, 5.74) is 1.46. The summed E-state index contributed by atoms with van der Waals surface area (Å²) >= 11 is 1.33. The molecule has 1 heterocycles. The normalized spacial score (nSPS) is 12.2. The van der Waals surface area contributed by atoms with Crippen LogP contribution in [0.15, 0.2) is 65.7 Å². The van der Waals surface area contributed by atoms with Crippen LogP contribution in [-0.4, -0.2) is 10.5 Å². The van der Waals surface area contributed by atoms with Crippen molar-refractivity contribution in [2.45, 2.75) is 13.5 Å². The van der Waals surface area contributed by atoms with Crippen molar-refractivity contribution in [3.05, 3.63) is 76.8 Å². The molecule has 124 valence electrons. The predicted molar refractivity (Wildman–Crippen MR) is 99.3 cm³/mol. The zero-order valence-corrected chi connectivity index (χ0v) is 14.4. The highest BCUT2D eigenvalue weighted by Crippen LogP contribution is 2.21. The molecule has 3 nitrogen and oxygen atoms in total. The molecule has 0 saturated heterocycles. The molecule has 4 aromatic rings. The number of hydrogen-bond donors (Lipinski definition) is 0. The summed E-state index contributed by atoms with van der Waals surface area (Å²) in [6, 6.07) is 18.0. The maximum Gasteiger partial charge on any atom is 0.280 e. The topological polar surface area (TPSA) is 34.4 Å². The van der Waals surface area contributed by atoms with Gasteiger partial charge in [-0.2, -0.15) is 4.99 Å². The second-order valence-corrected chi connectivity index (χ2v) is 6.69. The summed E-state index contributed by atoms with van der Waals surface area (Å²) in [5, 5.41) is 1.89. The Morgan fingerprint density at radius 3 is 2.76 bits per heavy atom. The van der Waals surface area contributed by atoms with Gasteiger partial charge in [-0.05, 0) is 42.0 Å². The molecule has 0 fully saturated rings. The fourth-order valence-electron chi connectivity index (χ4n) is 3.00. The molecule has 0 aliphatic rings. The number of aryl methyl sites for hydroxylation is 1. The molecule has 0 saturated carbocycles.